The van der Waals surface area contributed by atoms with Gasteiger partial charge in [-0.3, -0.25) is 4.79 Å². The van der Waals surface area contributed by atoms with Gasteiger partial charge in [-0.05, 0) is 24.8 Å². The number of carbonyl (C=O) groups is 1. The molecule has 1 saturated heterocycles. The monoisotopic (exact) mass is 305 g/mol. The molecule has 1 amide bonds. The van der Waals surface area contributed by atoms with Crippen molar-refractivity contribution in [1.82, 2.24) is 9.21 Å². The van der Waals surface area contributed by atoms with Crippen LogP contribution in [0.15, 0.2) is 0 Å². The summed E-state index contributed by atoms with van der Waals surface area (Å²) in [4.78, 5) is 14.0. The highest BCUT2D eigenvalue weighted by Crippen LogP contribution is 2.16. The molecular weight excluding hydrogens is 278 g/mol. The zero-order valence-corrected chi connectivity index (χ0v) is 13.5. The fourth-order valence-electron chi connectivity index (χ4n) is 2.57. The number of amides is 1. The van der Waals surface area contributed by atoms with Crippen LogP contribution in [-0.4, -0.2) is 62.5 Å². The van der Waals surface area contributed by atoms with Gasteiger partial charge in [0, 0.05) is 32.6 Å². The van der Waals surface area contributed by atoms with Gasteiger partial charge in [0.15, 0.2) is 0 Å². The van der Waals surface area contributed by atoms with Crippen molar-refractivity contribution in [2.45, 2.75) is 26.7 Å². The first-order valence-corrected chi connectivity index (χ1v) is 9.01. The standard InChI is InChI=1S/C13H27N3O3S/c1-11(2)8-12(10-14)9-13(17)15-4-6-16(7-5-15)20(3,18)19/h11-12H,4-10,14H2,1-3H3/t12-/m0/s1. The molecule has 0 saturated carbocycles. The molecule has 0 aliphatic carbocycles. The lowest BCUT2D eigenvalue weighted by Gasteiger charge is -2.34. The molecule has 0 unspecified atom stereocenters. The molecule has 2 N–H and O–H groups in total. The number of sulfonamides is 1. The minimum absolute atomic E-state index is 0.0919. The van der Waals surface area contributed by atoms with Crippen molar-refractivity contribution in [1.29, 1.82) is 0 Å². The topological polar surface area (TPSA) is 83.7 Å². The van der Waals surface area contributed by atoms with Gasteiger partial charge in [-0.2, -0.15) is 4.31 Å². The highest BCUT2D eigenvalue weighted by atomic mass is 32.2. The van der Waals surface area contributed by atoms with E-state index in [2.05, 4.69) is 13.8 Å². The second-order valence-corrected chi connectivity index (χ2v) is 7.96. The lowest BCUT2D eigenvalue weighted by atomic mass is 9.93. The zero-order chi connectivity index (χ0) is 15.3. The molecule has 1 atom stereocenters. The molecule has 118 valence electrons. The molecular formula is C13H27N3O3S. The Morgan fingerprint density at radius 2 is 1.75 bits per heavy atom. The van der Waals surface area contributed by atoms with Crippen LogP contribution in [0.3, 0.4) is 0 Å². The number of hydrogen-bond acceptors (Lipinski definition) is 4. The average Bonchev–Trinajstić information content (AvgIpc) is 2.36. The molecule has 7 heteroatoms. The van der Waals surface area contributed by atoms with Gasteiger partial charge in [0.1, 0.15) is 0 Å². The van der Waals surface area contributed by atoms with E-state index in [1.54, 1.807) is 4.90 Å². The third-order valence-corrected chi connectivity index (χ3v) is 4.96. The molecule has 0 aromatic heterocycles. The van der Waals surface area contributed by atoms with Crippen LogP contribution >= 0.6 is 0 Å². The Labute approximate surface area is 122 Å². The average molecular weight is 305 g/mol. The molecule has 1 aliphatic rings. The second kappa shape index (κ2) is 7.38. The van der Waals surface area contributed by atoms with E-state index in [1.165, 1.54) is 10.6 Å². The fourth-order valence-corrected chi connectivity index (χ4v) is 3.40. The normalized spacial score (nSPS) is 19.4. The lowest BCUT2D eigenvalue weighted by molar-refractivity contribution is -0.133. The van der Waals surface area contributed by atoms with Crippen molar-refractivity contribution >= 4 is 15.9 Å². The second-order valence-electron chi connectivity index (χ2n) is 5.98. The van der Waals surface area contributed by atoms with E-state index in [4.69, 9.17) is 5.73 Å². The smallest absolute Gasteiger partial charge is 0.222 e. The van der Waals surface area contributed by atoms with Gasteiger partial charge in [0.25, 0.3) is 0 Å². The Balaban J connectivity index is 2.46. The minimum atomic E-state index is -3.14. The zero-order valence-electron chi connectivity index (χ0n) is 12.7. The van der Waals surface area contributed by atoms with Crippen molar-refractivity contribution in [3.63, 3.8) is 0 Å². The predicted octanol–water partition coefficient (Wildman–Crippen LogP) is 0.101. The van der Waals surface area contributed by atoms with Crippen molar-refractivity contribution < 1.29 is 13.2 Å². The first-order chi connectivity index (χ1) is 9.24. The third kappa shape index (κ3) is 5.38. The van der Waals surface area contributed by atoms with Crippen molar-refractivity contribution in [2.24, 2.45) is 17.6 Å². The molecule has 1 fully saturated rings. The van der Waals surface area contributed by atoms with E-state index >= 15 is 0 Å². The molecule has 0 radical (unpaired) electrons. The highest BCUT2D eigenvalue weighted by Gasteiger charge is 2.27. The van der Waals surface area contributed by atoms with Crippen molar-refractivity contribution in [3.05, 3.63) is 0 Å². The highest BCUT2D eigenvalue weighted by molar-refractivity contribution is 7.88. The maximum atomic E-state index is 12.2. The summed E-state index contributed by atoms with van der Waals surface area (Å²) in [5, 5.41) is 0. The summed E-state index contributed by atoms with van der Waals surface area (Å²) >= 11 is 0. The van der Waals surface area contributed by atoms with Gasteiger partial charge >= 0.3 is 0 Å². The SMILES string of the molecule is CC(C)C[C@H](CN)CC(=O)N1CCN(S(C)(=O)=O)CC1. The molecule has 0 bridgehead atoms. The first-order valence-electron chi connectivity index (χ1n) is 7.17. The molecule has 0 aromatic carbocycles. The number of nitrogens with zero attached hydrogens (tertiary/aromatic N) is 2. The van der Waals surface area contributed by atoms with Crippen molar-refractivity contribution in [2.75, 3.05) is 39.0 Å². The number of rotatable bonds is 6. The molecule has 1 heterocycles. The summed E-state index contributed by atoms with van der Waals surface area (Å²) in [5.74, 6) is 0.836. The summed E-state index contributed by atoms with van der Waals surface area (Å²) in [7, 11) is -3.14. The number of piperazine rings is 1. The van der Waals surface area contributed by atoms with Gasteiger partial charge < -0.3 is 10.6 Å². The summed E-state index contributed by atoms with van der Waals surface area (Å²) in [6.07, 6.45) is 2.62. The molecule has 0 aromatic rings. The molecule has 0 spiro atoms. The van der Waals surface area contributed by atoms with E-state index in [1.807, 2.05) is 0 Å². The lowest BCUT2D eigenvalue weighted by Crippen LogP contribution is -2.50. The van der Waals surface area contributed by atoms with E-state index in [9.17, 15) is 13.2 Å². The summed E-state index contributed by atoms with van der Waals surface area (Å²) in [6, 6.07) is 0. The van der Waals surface area contributed by atoms with E-state index < -0.39 is 10.0 Å². The van der Waals surface area contributed by atoms with E-state index in [-0.39, 0.29) is 11.8 Å². The number of carbonyl (C=O) groups excluding carboxylic acids is 1. The van der Waals surface area contributed by atoms with Gasteiger partial charge in [0.2, 0.25) is 15.9 Å². The van der Waals surface area contributed by atoms with Gasteiger partial charge in [0.05, 0.1) is 6.26 Å². The van der Waals surface area contributed by atoms with Crippen LogP contribution < -0.4 is 5.73 Å². The Bertz CT molecular complexity index is 415. The predicted molar refractivity (Wildman–Crippen MR) is 79.6 cm³/mol. The Morgan fingerprint density at radius 1 is 1.20 bits per heavy atom. The maximum absolute atomic E-state index is 12.2. The minimum Gasteiger partial charge on any atom is -0.340 e. The van der Waals surface area contributed by atoms with Crippen LogP contribution in [0.4, 0.5) is 0 Å². The van der Waals surface area contributed by atoms with Gasteiger partial charge in [-0.1, -0.05) is 13.8 Å². The quantitative estimate of drug-likeness (QED) is 0.754. The Morgan fingerprint density at radius 3 is 2.15 bits per heavy atom. The summed E-state index contributed by atoms with van der Waals surface area (Å²) in [6.45, 7) is 6.50. The summed E-state index contributed by atoms with van der Waals surface area (Å²) in [5.41, 5.74) is 5.72. The van der Waals surface area contributed by atoms with Crippen LogP contribution in [0.1, 0.15) is 26.7 Å². The van der Waals surface area contributed by atoms with Crippen LogP contribution in [-0.2, 0) is 14.8 Å². The Kier molecular flexibility index (Phi) is 6.42. The van der Waals surface area contributed by atoms with Gasteiger partial charge in [-0.15, -0.1) is 0 Å². The number of hydrogen-bond donors (Lipinski definition) is 1. The maximum Gasteiger partial charge on any atom is 0.222 e. The Hall–Kier alpha value is -0.660. The van der Waals surface area contributed by atoms with Crippen molar-refractivity contribution in [3.8, 4) is 0 Å². The largest absolute Gasteiger partial charge is 0.340 e. The van der Waals surface area contributed by atoms with Crippen LogP contribution in [0.5, 0.6) is 0 Å². The van der Waals surface area contributed by atoms with Gasteiger partial charge in [-0.25, -0.2) is 8.42 Å². The number of nitrogens with two attached hydrogens (primary N) is 1. The first kappa shape index (κ1) is 17.4. The molecule has 1 rings (SSSR count). The van der Waals surface area contributed by atoms with E-state index in [0.29, 0.717) is 45.1 Å². The summed E-state index contributed by atoms with van der Waals surface area (Å²) < 4.78 is 24.3. The van der Waals surface area contributed by atoms with Crippen LogP contribution in [0, 0.1) is 11.8 Å². The van der Waals surface area contributed by atoms with E-state index in [0.717, 1.165) is 6.42 Å². The van der Waals surface area contributed by atoms with Crippen LogP contribution in [0.25, 0.3) is 0 Å². The molecule has 20 heavy (non-hydrogen) atoms. The fraction of sp³-hybridized carbons (Fsp3) is 0.923. The third-order valence-electron chi connectivity index (χ3n) is 3.66. The molecule has 6 nitrogen and oxygen atoms in total. The molecule has 1 aliphatic heterocycles. The van der Waals surface area contributed by atoms with Crippen LogP contribution in [0.2, 0.25) is 0 Å².